The summed E-state index contributed by atoms with van der Waals surface area (Å²) < 4.78 is 0. The normalized spacial score (nSPS) is 10.9. The fourth-order valence-corrected chi connectivity index (χ4v) is 2.57. The fourth-order valence-electron chi connectivity index (χ4n) is 1.67. The predicted molar refractivity (Wildman–Crippen MR) is 85.5 cm³/mol. The van der Waals surface area contributed by atoms with E-state index in [9.17, 15) is 9.59 Å². The number of aromatic nitrogens is 2. The van der Waals surface area contributed by atoms with Crippen LogP contribution in [-0.2, 0) is 0 Å². The fraction of sp³-hybridized carbons (Fsp3) is 0.267. The molecule has 6 heteroatoms. The Labute approximate surface area is 132 Å². The number of nitrogens with one attached hydrogen (secondary N) is 1. The number of ketones is 1. The minimum atomic E-state index is -0.199. The van der Waals surface area contributed by atoms with Crippen molar-refractivity contribution in [3.05, 3.63) is 57.0 Å². The first-order valence-corrected chi connectivity index (χ1v) is 7.85. The van der Waals surface area contributed by atoms with E-state index in [4.69, 9.17) is 11.6 Å². The summed E-state index contributed by atoms with van der Waals surface area (Å²) in [6, 6.07) is 8.21. The van der Waals surface area contributed by atoms with Crippen LogP contribution in [0, 0.1) is 0 Å². The summed E-state index contributed by atoms with van der Waals surface area (Å²) in [4.78, 5) is 30.6. The lowest BCUT2D eigenvalue weighted by atomic mass is 10.1. The molecule has 0 spiro atoms. The number of hydrogen-bond acceptors (Lipinski definition) is 4. The molecular weight excluding hydrogens is 308 g/mol. The number of Topliss-reactive ketones (excluding diaryl/α,β-unsaturated/α-hetero) is 1. The second kappa shape index (κ2) is 6.91. The first-order chi connectivity index (χ1) is 9.95. The highest BCUT2D eigenvalue weighted by atomic mass is 35.5. The SMILES string of the molecule is CC(C)c1cc(=O)[nH]c(SCC(=O)c2ccc(Cl)cc2)n1. The van der Waals surface area contributed by atoms with Gasteiger partial charge in [0.25, 0.3) is 5.56 Å². The molecule has 0 fully saturated rings. The van der Waals surface area contributed by atoms with Crippen LogP contribution >= 0.6 is 23.4 Å². The molecule has 0 saturated carbocycles. The van der Waals surface area contributed by atoms with Gasteiger partial charge in [0.05, 0.1) is 11.4 Å². The Balaban J connectivity index is 2.07. The van der Waals surface area contributed by atoms with Gasteiger partial charge in [-0.15, -0.1) is 0 Å². The van der Waals surface area contributed by atoms with Gasteiger partial charge in [-0.25, -0.2) is 4.98 Å². The van der Waals surface area contributed by atoms with Crippen molar-refractivity contribution in [1.82, 2.24) is 9.97 Å². The minimum absolute atomic E-state index is 0.0331. The molecular formula is C15H15ClN2O2S. The summed E-state index contributed by atoms with van der Waals surface area (Å²) in [5.74, 6) is 0.347. The Morgan fingerprint density at radius 3 is 2.62 bits per heavy atom. The quantitative estimate of drug-likeness (QED) is 0.519. The predicted octanol–water partition coefficient (Wildman–Crippen LogP) is 3.52. The first kappa shape index (κ1) is 15.8. The second-order valence-corrected chi connectivity index (χ2v) is 6.25. The Hall–Kier alpha value is -1.59. The monoisotopic (exact) mass is 322 g/mol. The molecule has 0 saturated heterocycles. The molecule has 0 bridgehead atoms. The Morgan fingerprint density at radius 2 is 2.00 bits per heavy atom. The van der Waals surface area contributed by atoms with Crippen molar-refractivity contribution in [3.63, 3.8) is 0 Å². The third-order valence-electron chi connectivity index (χ3n) is 2.84. The molecule has 4 nitrogen and oxygen atoms in total. The Morgan fingerprint density at radius 1 is 1.33 bits per heavy atom. The summed E-state index contributed by atoms with van der Waals surface area (Å²) in [5, 5.41) is 1.06. The highest BCUT2D eigenvalue weighted by Gasteiger charge is 2.10. The van der Waals surface area contributed by atoms with Crippen LogP contribution in [0.15, 0.2) is 40.3 Å². The number of H-pyrrole nitrogens is 1. The zero-order valence-electron chi connectivity index (χ0n) is 11.7. The van der Waals surface area contributed by atoms with Crippen molar-refractivity contribution in [2.24, 2.45) is 0 Å². The average molecular weight is 323 g/mol. The van der Waals surface area contributed by atoms with Crippen LogP contribution in [-0.4, -0.2) is 21.5 Å². The smallest absolute Gasteiger partial charge is 0.251 e. The van der Waals surface area contributed by atoms with Crippen molar-refractivity contribution in [2.45, 2.75) is 24.9 Å². The summed E-state index contributed by atoms with van der Waals surface area (Å²) in [7, 11) is 0. The second-order valence-electron chi connectivity index (χ2n) is 4.85. The van der Waals surface area contributed by atoms with Crippen LogP contribution in [0.2, 0.25) is 5.02 Å². The molecule has 0 unspecified atom stereocenters. The van der Waals surface area contributed by atoms with Crippen LogP contribution in [0.5, 0.6) is 0 Å². The standard InChI is InChI=1S/C15H15ClN2O2S/c1-9(2)12-7-14(20)18-15(17-12)21-8-13(19)10-3-5-11(16)6-4-10/h3-7,9H,8H2,1-2H3,(H,17,18,20). The van der Waals surface area contributed by atoms with Crippen molar-refractivity contribution in [2.75, 3.05) is 5.75 Å². The molecule has 0 amide bonds. The zero-order valence-corrected chi connectivity index (χ0v) is 13.3. The summed E-state index contributed by atoms with van der Waals surface area (Å²) in [5.41, 5.74) is 1.12. The average Bonchev–Trinajstić information content (AvgIpc) is 2.45. The molecule has 0 aliphatic heterocycles. The lowest BCUT2D eigenvalue weighted by Crippen LogP contribution is -2.12. The molecule has 0 aliphatic rings. The van der Waals surface area contributed by atoms with Gasteiger partial charge in [0.2, 0.25) is 0 Å². The molecule has 0 atom stereocenters. The van der Waals surface area contributed by atoms with Crippen LogP contribution in [0.25, 0.3) is 0 Å². The van der Waals surface area contributed by atoms with E-state index in [1.54, 1.807) is 24.3 Å². The molecule has 0 aliphatic carbocycles. The van der Waals surface area contributed by atoms with Gasteiger partial charge in [-0.1, -0.05) is 37.2 Å². The van der Waals surface area contributed by atoms with Gasteiger partial charge >= 0.3 is 0 Å². The van der Waals surface area contributed by atoms with Crippen molar-refractivity contribution >= 4 is 29.1 Å². The molecule has 21 heavy (non-hydrogen) atoms. The number of benzene rings is 1. The largest absolute Gasteiger partial charge is 0.301 e. The van der Waals surface area contributed by atoms with Crippen LogP contribution in [0.3, 0.4) is 0 Å². The summed E-state index contributed by atoms with van der Waals surface area (Å²) >= 11 is 7.01. The van der Waals surface area contributed by atoms with E-state index in [-0.39, 0.29) is 23.0 Å². The molecule has 1 heterocycles. The number of thioether (sulfide) groups is 1. The van der Waals surface area contributed by atoms with Gasteiger partial charge < -0.3 is 4.98 Å². The third-order valence-corrected chi connectivity index (χ3v) is 3.96. The van der Waals surface area contributed by atoms with E-state index in [1.165, 1.54) is 17.8 Å². The van der Waals surface area contributed by atoms with Gasteiger partial charge in [0.1, 0.15) is 0 Å². The van der Waals surface area contributed by atoms with Gasteiger partial charge in [-0.3, -0.25) is 9.59 Å². The number of aromatic amines is 1. The van der Waals surface area contributed by atoms with Gasteiger partial charge in [0.15, 0.2) is 10.9 Å². The van der Waals surface area contributed by atoms with Crippen molar-refractivity contribution in [1.29, 1.82) is 0 Å². The molecule has 1 aromatic heterocycles. The van der Waals surface area contributed by atoms with E-state index in [1.807, 2.05) is 13.8 Å². The maximum Gasteiger partial charge on any atom is 0.251 e. The van der Waals surface area contributed by atoms with E-state index < -0.39 is 0 Å². The van der Waals surface area contributed by atoms with Crippen LogP contribution in [0.1, 0.15) is 35.8 Å². The Kier molecular flexibility index (Phi) is 5.20. The van der Waals surface area contributed by atoms with Gasteiger partial charge in [-0.05, 0) is 30.2 Å². The minimum Gasteiger partial charge on any atom is -0.301 e. The lowest BCUT2D eigenvalue weighted by molar-refractivity contribution is 0.102. The summed E-state index contributed by atoms with van der Waals surface area (Å²) in [6.07, 6.45) is 0. The van der Waals surface area contributed by atoms with E-state index in [2.05, 4.69) is 9.97 Å². The number of carbonyl (C=O) groups excluding carboxylic acids is 1. The van der Waals surface area contributed by atoms with Crippen LogP contribution < -0.4 is 5.56 Å². The number of halogens is 1. The highest BCUT2D eigenvalue weighted by molar-refractivity contribution is 7.99. The van der Waals surface area contributed by atoms with Gasteiger partial charge in [-0.2, -0.15) is 0 Å². The number of carbonyl (C=O) groups is 1. The highest BCUT2D eigenvalue weighted by Crippen LogP contribution is 2.17. The molecule has 1 aromatic carbocycles. The van der Waals surface area contributed by atoms with Crippen LogP contribution in [0.4, 0.5) is 0 Å². The van der Waals surface area contributed by atoms with E-state index in [0.717, 1.165) is 5.69 Å². The Bertz CT molecular complexity index is 696. The summed E-state index contributed by atoms with van der Waals surface area (Å²) in [6.45, 7) is 3.93. The molecule has 1 N–H and O–H groups in total. The first-order valence-electron chi connectivity index (χ1n) is 6.48. The van der Waals surface area contributed by atoms with Gasteiger partial charge in [0, 0.05) is 16.7 Å². The van der Waals surface area contributed by atoms with Crippen molar-refractivity contribution < 1.29 is 4.79 Å². The number of nitrogens with zero attached hydrogens (tertiary/aromatic N) is 1. The molecule has 2 aromatic rings. The van der Waals surface area contributed by atoms with E-state index in [0.29, 0.717) is 15.7 Å². The van der Waals surface area contributed by atoms with Crippen molar-refractivity contribution in [3.8, 4) is 0 Å². The molecule has 110 valence electrons. The maximum absolute atomic E-state index is 12.0. The molecule has 0 radical (unpaired) electrons. The third kappa shape index (κ3) is 4.44. The lowest BCUT2D eigenvalue weighted by Gasteiger charge is -2.06. The number of rotatable bonds is 5. The maximum atomic E-state index is 12.0. The molecule has 2 rings (SSSR count). The number of hydrogen-bond donors (Lipinski definition) is 1. The topological polar surface area (TPSA) is 62.8 Å². The zero-order chi connectivity index (χ0) is 15.4. The van der Waals surface area contributed by atoms with E-state index >= 15 is 0 Å².